The van der Waals surface area contributed by atoms with Gasteiger partial charge in [0.1, 0.15) is 6.33 Å². The second-order valence-electron chi connectivity index (χ2n) is 4.53. The van der Waals surface area contributed by atoms with E-state index in [0.717, 1.165) is 25.3 Å². The van der Waals surface area contributed by atoms with Crippen molar-refractivity contribution in [1.29, 1.82) is 0 Å². The molecule has 1 N–H and O–H groups in total. The van der Waals surface area contributed by atoms with Crippen molar-refractivity contribution >= 4 is 29.1 Å². The van der Waals surface area contributed by atoms with E-state index in [0.29, 0.717) is 23.4 Å². The molecule has 0 amide bonds. The molecule has 110 valence electrons. The Bertz CT molecular complexity index is 485. The predicted octanol–water partition coefficient (Wildman–Crippen LogP) is 2.15. The topological polar surface area (TPSA) is 84.2 Å². The van der Waals surface area contributed by atoms with E-state index in [-0.39, 0.29) is 5.69 Å². The zero-order chi connectivity index (χ0) is 14.5. The first kappa shape index (κ1) is 14.8. The van der Waals surface area contributed by atoms with Crippen LogP contribution in [-0.2, 0) is 0 Å². The van der Waals surface area contributed by atoms with E-state index in [1.165, 1.54) is 6.33 Å². The standard InChI is InChI=1S/C12H19N5O2S/c1-3-9-7-16(5-6-20-9)12-10(17(18)19)11(13-4-2)14-8-15-12/h8-9H,3-7H2,1-2H3,(H,13,14,15). The van der Waals surface area contributed by atoms with Crippen LogP contribution >= 0.6 is 11.8 Å². The molecule has 0 saturated carbocycles. The number of nitro groups is 1. The molecule has 1 saturated heterocycles. The van der Waals surface area contributed by atoms with E-state index in [2.05, 4.69) is 22.2 Å². The van der Waals surface area contributed by atoms with Crippen LogP contribution < -0.4 is 10.2 Å². The Morgan fingerprint density at radius 2 is 2.35 bits per heavy atom. The summed E-state index contributed by atoms with van der Waals surface area (Å²) in [4.78, 5) is 21.1. The van der Waals surface area contributed by atoms with Crippen LogP contribution in [-0.4, -0.2) is 45.5 Å². The molecule has 2 heterocycles. The van der Waals surface area contributed by atoms with Gasteiger partial charge >= 0.3 is 5.69 Å². The average Bonchev–Trinajstić information content (AvgIpc) is 2.47. The Morgan fingerprint density at radius 3 is 3.00 bits per heavy atom. The van der Waals surface area contributed by atoms with Crippen LogP contribution in [0.15, 0.2) is 6.33 Å². The van der Waals surface area contributed by atoms with Crippen LogP contribution in [0.25, 0.3) is 0 Å². The van der Waals surface area contributed by atoms with Crippen LogP contribution in [0.1, 0.15) is 20.3 Å². The van der Waals surface area contributed by atoms with Crippen LogP contribution in [0.2, 0.25) is 0 Å². The molecular formula is C12H19N5O2S. The third kappa shape index (κ3) is 3.12. The fourth-order valence-corrected chi connectivity index (χ4v) is 3.40. The number of nitrogens with zero attached hydrogens (tertiary/aromatic N) is 4. The molecule has 1 aromatic heterocycles. The SMILES string of the molecule is CCNc1ncnc(N2CCSC(CC)C2)c1[N+](=O)[O-]. The van der Waals surface area contributed by atoms with Gasteiger partial charge in [0.05, 0.1) is 4.92 Å². The van der Waals surface area contributed by atoms with E-state index in [1.54, 1.807) is 0 Å². The number of thioether (sulfide) groups is 1. The quantitative estimate of drug-likeness (QED) is 0.658. The van der Waals surface area contributed by atoms with Crippen molar-refractivity contribution in [3.63, 3.8) is 0 Å². The first-order chi connectivity index (χ1) is 9.67. The highest BCUT2D eigenvalue weighted by molar-refractivity contribution is 8.00. The maximum absolute atomic E-state index is 11.4. The first-order valence-electron chi connectivity index (χ1n) is 6.77. The van der Waals surface area contributed by atoms with Crippen molar-refractivity contribution in [1.82, 2.24) is 9.97 Å². The second-order valence-corrected chi connectivity index (χ2v) is 5.94. The summed E-state index contributed by atoms with van der Waals surface area (Å²) in [6.45, 7) is 6.19. The van der Waals surface area contributed by atoms with Gasteiger partial charge in [0.2, 0.25) is 11.6 Å². The summed E-state index contributed by atoms with van der Waals surface area (Å²) in [5.41, 5.74) is -0.0175. The molecule has 0 bridgehead atoms. The van der Waals surface area contributed by atoms with Crippen LogP contribution in [0.5, 0.6) is 0 Å². The van der Waals surface area contributed by atoms with Crippen LogP contribution in [0.4, 0.5) is 17.3 Å². The van der Waals surface area contributed by atoms with E-state index in [4.69, 9.17) is 0 Å². The number of hydrogen-bond donors (Lipinski definition) is 1. The molecule has 0 aliphatic carbocycles. The molecule has 20 heavy (non-hydrogen) atoms. The summed E-state index contributed by atoms with van der Waals surface area (Å²) in [7, 11) is 0. The van der Waals surface area contributed by atoms with Gasteiger partial charge in [0.25, 0.3) is 0 Å². The first-order valence-corrected chi connectivity index (χ1v) is 7.82. The molecule has 1 fully saturated rings. The highest BCUT2D eigenvalue weighted by Crippen LogP contribution is 2.34. The van der Waals surface area contributed by atoms with Crippen molar-refractivity contribution < 1.29 is 4.92 Å². The van der Waals surface area contributed by atoms with Gasteiger partial charge in [-0.3, -0.25) is 10.1 Å². The van der Waals surface area contributed by atoms with Gasteiger partial charge in [-0.2, -0.15) is 11.8 Å². The molecule has 1 unspecified atom stereocenters. The van der Waals surface area contributed by atoms with E-state index >= 15 is 0 Å². The second kappa shape index (κ2) is 6.74. The lowest BCUT2D eigenvalue weighted by Gasteiger charge is -2.32. The number of nitrogens with one attached hydrogen (secondary N) is 1. The summed E-state index contributed by atoms with van der Waals surface area (Å²) < 4.78 is 0. The number of rotatable bonds is 5. The van der Waals surface area contributed by atoms with Crippen molar-refractivity contribution in [2.75, 3.05) is 35.6 Å². The van der Waals surface area contributed by atoms with Crippen molar-refractivity contribution in [3.05, 3.63) is 16.4 Å². The summed E-state index contributed by atoms with van der Waals surface area (Å²) in [5.74, 6) is 1.70. The van der Waals surface area contributed by atoms with Crippen molar-refractivity contribution in [2.24, 2.45) is 0 Å². The lowest BCUT2D eigenvalue weighted by Crippen LogP contribution is -2.38. The molecule has 7 nitrogen and oxygen atoms in total. The van der Waals surface area contributed by atoms with E-state index < -0.39 is 4.92 Å². The molecule has 0 spiro atoms. The van der Waals surface area contributed by atoms with Gasteiger partial charge in [-0.15, -0.1) is 0 Å². The third-order valence-corrected chi connectivity index (χ3v) is 4.60. The molecule has 1 aliphatic heterocycles. The summed E-state index contributed by atoms with van der Waals surface area (Å²) in [5, 5.41) is 14.8. The Balaban J connectivity index is 2.34. The highest BCUT2D eigenvalue weighted by atomic mass is 32.2. The maximum Gasteiger partial charge on any atom is 0.353 e. The number of anilines is 2. The number of hydrogen-bond acceptors (Lipinski definition) is 7. The Hall–Kier alpha value is -1.57. The van der Waals surface area contributed by atoms with Crippen molar-refractivity contribution in [2.45, 2.75) is 25.5 Å². The van der Waals surface area contributed by atoms with E-state index in [9.17, 15) is 10.1 Å². The minimum atomic E-state index is -0.393. The monoisotopic (exact) mass is 297 g/mol. The van der Waals surface area contributed by atoms with Gasteiger partial charge in [0.15, 0.2) is 0 Å². The minimum Gasteiger partial charge on any atom is -0.364 e. The molecule has 0 aromatic carbocycles. The summed E-state index contributed by atoms with van der Waals surface area (Å²) in [6, 6.07) is 0. The molecule has 1 aliphatic rings. The normalized spacial score (nSPS) is 18.9. The predicted molar refractivity (Wildman–Crippen MR) is 81.6 cm³/mol. The van der Waals surface area contributed by atoms with Gasteiger partial charge in [0, 0.05) is 30.6 Å². The Kier molecular flexibility index (Phi) is 4.99. The Labute approximate surface area is 122 Å². The van der Waals surface area contributed by atoms with Gasteiger partial charge < -0.3 is 10.2 Å². The molecule has 8 heteroatoms. The fraction of sp³-hybridized carbons (Fsp3) is 0.667. The van der Waals surface area contributed by atoms with Gasteiger partial charge in [-0.05, 0) is 13.3 Å². The van der Waals surface area contributed by atoms with Crippen molar-refractivity contribution in [3.8, 4) is 0 Å². The minimum absolute atomic E-state index is 0.0175. The Morgan fingerprint density at radius 1 is 1.55 bits per heavy atom. The smallest absolute Gasteiger partial charge is 0.353 e. The lowest BCUT2D eigenvalue weighted by molar-refractivity contribution is -0.383. The zero-order valence-corrected chi connectivity index (χ0v) is 12.5. The lowest BCUT2D eigenvalue weighted by atomic mass is 10.2. The third-order valence-electron chi connectivity index (χ3n) is 3.22. The highest BCUT2D eigenvalue weighted by Gasteiger charge is 2.29. The van der Waals surface area contributed by atoms with Gasteiger partial charge in [-0.1, -0.05) is 6.92 Å². The zero-order valence-electron chi connectivity index (χ0n) is 11.7. The molecule has 1 atom stereocenters. The molecule has 0 radical (unpaired) electrons. The molecular weight excluding hydrogens is 278 g/mol. The largest absolute Gasteiger partial charge is 0.364 e. The van der Waals surface area contributed by atoms with Gasteiger partial charge in [-0.25, -0.2) is 9.97 Å². The fourth-order valence-electron chi connectivity index (χ4n) is 2.22. The van der Waals surface area contributed by atoms with Crippen LogP contribution in [0.3, 0.4) is 0 Å². The van der Waals surface area contributed by atoms with Crippen LogP contribution in [0, 0.1) is 10.1 Å². The number of aromatic nitrogens is 2. The molecule has 2 rings (SSSR count). The van der Waals surface area contributed by atoms with E-state index in [1.807, 2.05) is 23.6 Å². The summed E-state index contributed by atoms with van der Waals surface area (Å²) >= 11 is 1.92. The average molecular weight is 297 g/mol. The molecule has 1 aromatic rings. The summed E-state index contributed by atoms with van der Waals surface area (Å²) in [6.07, 6.45) is 2.45. The maximum atomic E-state index is 11.4.